The predicted octanol–water partition coefficient (Wildman–Crippen LogP) is 1.77. The maximum atomic E-state index is 12.3. The average molecular weight is 304 g/mol. The Morgan fingerprint density at radius 2 is 1.86 bits per heavy atom. The molecule has 0 aliphatic carbocycles. The summed E-state index contributed by atoms with van der Waals surface area (Å²) in [6, 6.07) is 12.4. The second kappa shape index (κ2) is 6.07. The van der Waals surface area contributed by atoms with Crippen LogP contribution in [0.1, 0.15) is 6.92 Å². The molecule has 0 spiro atoms. The minimum atomic E-state index is -3.70. The van der Waals surface area contributed by atoms with Crippen LogP contribution in [0.5, 0.6) is 0 Å². The van der Waals surface area contributed by atoms with E-state index in [0.717, 1.165) is 16.8 Å². The molecule has 6 heteroatoms. The number of nitrogens with one attached hydrogen (secondary N) is 2. The van der Waals surface area contributed by atoms with Crippen LogP contribution < -0.4 is 10.0 Å². The molecule has 0 saturated carbocycles. The molecule has 110 valence electrons. The molecule has 2 aromatic rings. The van der Waals surface area contributed by atoms with Crippen LogP contribution in [0, 0.1) is 0 Å². The molecule has 0 saturated heterocycles. The summed E-state index contributed by atoms with van der Waals surface area (Å²) in [5.74, 6) is -0.441. The van der Waals surface area contributed by atoms with Crippen LogP contribution in [0.4, 0.5) is 0 Å². The summed E-state index contributed by atoms with van der Waals surface area (Å²) >= 11 is 0. The number of carbonyl (C=O) groups excluding carboxylic acids is 1. The zero-order valence-electron chi connectivity index (χ0n) is 11.5. The van der Waals surface area contributed by atoms with E-state index in [2.05, 4.69) is 16.6 Å². The van der Waals surface area contributed by atoms with Crippen molar-refractivity contribution in [2.75, 3.05) is 0 Å². The van der Waals surface area contributed by atoms with Crippen molar-refractivity contribution in [2.24, 2.45) is 0 Å². The quantitative estimate of drug-likeness (QED) is 0.653. The second-order valence-corrected chi connectivity index (χ2v) is 6.28. The number of rotatable bonds is 5. The Hall–Kier alpha value is -2.18. The number of fused-ring (bicyclic) bond motifs is 1. The maximum absolute atomic E-state index is 12.3. The Morgan fingerprint density at radius 1 is 1.19 bits per heavy atom. The summed E-state index contributed by atoms with van der Waals surface area (Å²) in [6.45, 7) is 4.85. The van der Waals surface area contributed by atoms with Gasteiger partial charge < -0.3 is 5.32 Å². The van der Waals surface area contributed by atoms with Gasteiger partial charge in [-0.2, -0.15) is 4.72 Å². The second-order valence-electron chi connectivity index (χ2n) is 4.56. The molecule has 0 fully saturated rings. The summed E-state index contributed by atoms with van der Waals surface area (Å²) in [4.78, 5) is 11.3. The first kappa shape index (κ1) is 15.2. The highest BCUT2D eigenvalue weighted by Gasteiger charge is 2.18. The molecule has 5 nitrogen and oxygen atoms in total. The van der Waals surface area contributed by atoms with E-state index in [1.807, 2.05) is 24.3 Å². The normalized spacial score (nSPS) is 12.8. The molecule has 0 radical (unpaired) electrons. The summed E-state index contributed by atoms with van der Waals surface area (Å²) in [7, 11) is -3.70. The van der Waals surface area contributed by atoms with E-state index >= 15 is 0 Å². The lowest BCUT2D eigenvalue weighted by Crippen LogP contribution is -2.45. The van der Waals surface area contributed by atoms with Gasteiger partial charge in [0.05, 0.1) is 11.1 Å². The highest BCUT2D eigenvalue weighted by molar-refractivity contribution is 7.89. The van der Waals surface area contributed by atoms with Crippen LogP contribution in [-0.2, 0) is 14.8 Å². The largest absolute Gasteiger partial charge is 0.337 e. The molecule has 2 rings (SSSR count). The SMILES string of the molecule is C=CC(=O)NC(C)NS(=O)(=O)c1ccc2ccccc2c1. The Labute approximate surface area is 123 Å². The van der Waals surface area contributed by atoms with Crippen molar-refractivity contribution in [3.63, 3.8) is 0 Å². The lowest BCUT2D eigenvalue weighted by atomic mass is 10.1. The maximum Gasteiger partial charge on any atom is 0.244 e. The summed E-state index contributed by atoms with van der Waals surface area (Å²) in [5.41, 5.74) is 0. The van der Waals surface area contributed by atoms with Gasteiger partial charge in [-0.3, -0.25) is 4.79 Å². The van der Waals surface area contributed by atoms with E-state index in [9.17, 15) is 13.2 Å². The van der Waals surface area contributed by atoms with Gasteiger partial charge in [-0.05, 0) is 35.9 Å². The Kier molecular flexibility index (Phi) is 4.40. The molecular formula is C15H16N2O3S. The van der Waals surface area contributed by atoms with Gasteiger partial charge in [0.25, 0.3) is 0 Å². The molecule has 1 atom stereocenters. The number of amides is 1. The molecule has 2 N–H and O–H groups in total. The first-order valence-electron chi connectivity index (χ1n) is 6.36. The van der Waals surface area contributed by atoms with Crippen LogP contribution in [-0.4, -0.2) is 20.5 Å². The molecule has 0 aliphatic rings. The van der Waals surface area contributed by atoms with Gasteiger partial charge in [-0.1, -0.05) is 36.9 Å². The standard InChI is InChI=1S/C15H16N2O3S/c1-3-15(18)16-11(2)17-21(19,20)14-9-8-12-6-4-5-7-13(12)10-14/h3-11,17H,1H2,2H3,(H,16,18). The molecule has 21 heavy (non-hydrogen) atoms. The van der Waals surface area contributed by atoms with Crippen molar-refractivity contribution in [3.8, 4) is 0 Å². The Balaban J connectivity index is 2.25. The molecule has 1 amide bonds. The van der Waals surface area contributed by atoms with Crippen LogP contribution in [0.3, 0.4) is 0 Å². The number of benzene rings is 2. The lowest BCUT2D eigenvalue weighted by Gasteiger charge is -2.15. The number of sulfonamides is 1. The van der Waals surface area contributed by atoms with Crippen molar-refractivity contribution >= 4 is 26.7 Å². The minimum absolute atomic E-state index is 0.154. The topological polar surface area (TPSA) is 75.3 Å². The third-order valence-corrected chi connectivity index (χ3v) is 4.45. The molecule has 0 aliphatic heterocycles. The first-order valence-corrected chi connectivity index (χ1v) is 7.85. The van der Waals surface area contributed by atoms with E-state index in [4.69, 9.17) is 0 Å². The fourth-order valence-electron chi connectivity index (χ4n) is 1.94. The molecule has 0 aromatic heterocycles. The predicted molar refractivity (Wildman–Crippen MR) is 82.1 cm³/mol. The van der Waals surface area contributed by atoms with Crippen molar-refractivity contribution < 1.29 is 13.2 Å². The van der Waals surface area contributed by atoms with Gasteiger partial charge in [-0.15, -0.1) is 0 Å². The van der Waals surface area contributed by atoms with Crippen molar-refractivity contribution in [3.05, 3.63) is 55.1 Å². The summed E-state index contributed by atoms with van der Waals surface area (Å²) in [5, 5.41) is 4.24. The third kappa shape index (κ3) is 3.68. The van der Waals surface area contributed by atoms with Crippen LogP contribution in [0.2, 0.25) is 0 Å². The smallest absolute Gasteiger partial charge is 0.244 e. The molecule has 2 aromatic carbocycles. The first-order chi connectivity index (χ1) is 9.92. The molecule has 0 bridgehead atoms. The van der Waals surface area contributed by atoms with Crippen molar-refractivity contribution in [1.82, 2.24) is 10.0 Å². The Bertz CT molecular complexity index is 784. The van der Waals surface area contributed by atoms with Gasteiger partial charge in [-0.25, -0.2) is 8.42 Å². The van der Waals surface area contributed by atoms with E-state index in [0.29, 0.717) is 0 Å². The summed E-state index contributed by atoms with van der Waals surface area (Å²) in [6.07, 6.45) is 0.354. The van der Waals surface area contributed by atoms with Crippen LogP contribution >= 0.6 is 0 Å². The number of hydrogen-bond acceptors (Lipinski definition) is 3. The van der Waals surface area contributed by atoms with Gasteiger partial charge in [0.15, 0.2) is 0 Å². The van der Waals surface area contributed by atoms with Crippen LogP contribution in [0.25, 0.3) is 10.8 Å². The fourth-order valence-corrected chi connectivity index (χ4v) is 3.13. The van der Waals surface area contributed by atoms with Crippen LogP contribution in [0.15, 0.2) is 60.0 Å². The van der Waals surface area contributed by atoms with E-state index < -0.39 is 22.1 Å². The van der Waals surface area contributed by atoms with E-state index in [1.54, 1.807) is 19.1 Å². The molecule has 0 heterocycles. The summed E-state index contributed by atoms with van der Waals surface area (Å²) < 4.78 is 26.9. The molecular weight excluding hydrogens is 288 g/mol. The number of hydrogen-bond donors (Lipinski definition) is 2. The van der Waals surface area contributed by atoms with Gasteiger partial charge in [0.1, 0.15) is 0 Å². The highest BCUT2D eigenvalue weighted by Crippen LogP contribution is 2.18. The fraction of sp³-hybridized carbons (Fsp3) is 0.133. The number of carbonyl (C=O) groups is 1. The molecule has 1 unspecified atom stereocenters. The zero-order valence-corrected chi connectivity index (χ0v) is 12.4. The Morgan fingerprint density at radius 3 is 2.52 bits per heavy atom. The lowest BCUT2D eigenvalue weighted by molar-refractivity contribution is -0.117. The van der Waals surface area contributed by atoms with Gasteiger partial charge in [0.2, 0.25) is 15.9 Å². The van der Waals surface area contributed by atoms with E-state index in [-0.39, 0.29) is 4.90 Å². The average Bonchev–Trinajstić information content (AvgIpc) is 2.45. The van der Waals surface area contributed by atoms with Crippen molar-refractivity contribution in [2.45, 2.75) is 18.0 Å². The highest BCUT2D eigenvalue weighted by atomic mass is 32.2. The van der Waals surface area contributed by atoms with E-state index in [1.165, 1.54) is 6.07 Å². The third-order valence-electron chi connectivity index (χ3n) is 2.91. The van der Waals surface area contributed by atoms with Crippen molar-refractivity contribution in [1.29, 1.82) is 0 Å². The minimum Gasteiger partial charge on any atom is -0.337 e. The zero-order chi connectivity index (χ0) is 15.5. The van der Waals surface area contributed by atoms with Gasteiger partial charge in [0, 0.05) is 0 Å². The van der Waals surface area contributed by atoms with Gasteiger partial charge >= 0.3 is 0 Å². The monoisotopic (exact) mass is 304 g/mol.